The Labute approximate surface area is 172 Å². The van der Waals surface area contributed by atoms with E-state index in [0.717, 1.165) is 30.2 Å². The van der Waals surface area contributed by atoms with Crippen molar-refractivity contribution in [1.29, 1.82) is 0 Å². The van der Waals surface area contributed by atoms with Crippen molar-refractivity contribution in [1.82, 2.24) is 5.32 Å². The lowest BCUT2D eigenvalue weighted by molar-refractivity contribution is -0.317. The van der Waals surface area contributed by atoms with Crippen LogP contribution in [0.3, 0.4) is 0 Å². The summed E-state index contributed by atoms with van der Waals surface area (Å²) in [4.78, 5) is 45.8. The van der Waals surface area contributed by atoms with E-state index in [9.17, 15) is 29.4 Å². The number of aliphatic carboxylic acids is 2. The highest BCUT2D eigenvalue weighted by atomic mass is 16.5. The minimum absolute atomic E-state index is 0.269. The van der Waals surface area contributed by atoms with Crippen LogP contribution in [0.5, 0.6) is 5.75 Å². The number of carboxylic acid groups (broad SMARTS) is 2. The Bertz CT molecular complexity index is 1010. The summed E-state index contributed by atoms with van der Waals surface area (Å²) < 4.78 is 11.0. The van der Waals surface area contributed by atoms with Crippen LogP contribution in [0.1, 0.15) is 44.2 Å². The largest absolute Gasteiger partial charge is 0.550 e. The van der Waals surface area contributed by atoms with Gasteiger partial charge in [0.2, 0.25) is 0 Å². The molecule has 0 spiro atoms. The normalized spacial score (nSPS) is 12.9. The van der Waals surface area contributed by atoms with E-state index in [1.54, 1.807) is 19.1 Å². The number of nitrogens with one attached hydrogen (secondary N) is 1. The van der Waals surface area contributed by atoms with E-state index in [2.05, 4.69) is 6.92 Å². The summed E-state index contributed by atoms with van der Waals surface area (Å²) in [6, 6.07) is 3.08. The molecule has 9 heteroatoms. The minimum Gasteiger partial charge on any atom is -0.550 e. The number of carbonyl (C=O) groups excluding carboxylic acids is 3. The Morgan fingerprint density at radius 1 is 1.23 bits per heavy atom. The molecule has 2 rings (SSSR count). The van der Waals surface area contributed by atoms with E-state index in [-0.39, 0.29) is 5.75 Å². The summed E-state index contributed by atoms with van der Waals surface area (Å²) >= 11 is 0. The Balaban J connectivity index is 2.25. The molecule has 0 radical (unpaired) electrons. The molecule has 1 N–H and O–H groups in total. The maximum atomic E-state index is 12.2. The third-order valence-electron chi connectivity index (χ3n) is 4.64. The maximum Gasteiger partial charge on any atom is 0.336 e. The second kappa shape index (κ2) is 9.91. The van der Waals surface area contributed by atoms with Crippen molar-refractivity contribution in [2.45, 2.75) is 58.6 Å². The summed E-state index contributed by atoms with van der Waals surface area (Å²) in [5.74, 6) is -3.96. The zero-order valence-electron chi connectivity index (χ0n) is 17.0. The van der Waals surface area contributed by atoms with E-state index in [1.807, 2.05) is 5.32 Å². The minimum atomic E-state index is -1.75. The highest BCUT2D eigenvalue weighted by Gasteiger charge is 2.21. The van der Waals surface area contributed by atoms with Crippen molar-refractivity contribution in [2.75, 3.05) is 0 Å². The smallest absolute Gasteiger partial charge is 0.336 e. The standard InChI is InChI=1S/C21H25NO8/c1-4-5-6-13-9-18(25)30-19-11(2)16(8-7-14(13)19)29-12(3)20(26)22-15(21(27)28)10-17(23)24/h7-9,12,15H,4-6,10H2,1-3H3,(H,22,26)(H,23,24)(H,27,28)/p-2/t12-,15+/m1/s1. The van der Waals surface area contributed by atoms with Gasteiger partial charge >= 0.3 is 5.63 Å². The van der Waals surface area contributed by atoms with E-state index < -0.39 is 42.0 Å². The van der Waals surface area contributed by atoms with Gasteiger partial charge in [-0.05, 0) is 44.4 Å². The fraction of sp³-hybridized carbons (Fsp3) is 0.429. The summed E-state index contributed by atoms with van der Waals surface area (Å²) in [5.41, 5.74) is 1.23. The summed E-state index contributed by atoms with van der Waals surface area (Å²) in [6.07, 6.45) is 0.527. The molecule has 0 saturated heterocycles. The molecule has 2 atom stereocenters. The highest BCUT2D eigenvalue weighted by Crippen LogP contribution is 2.29. The number of rotatable bonds is 10. The van der Waals surface area contributed by atoms with Gasteiger partial charge in [-0.3, -0.25) is 4.79 Å². The predicted molar refractivity (Wildman–Crippen MR) is 102 cm³/mol. The number of unbranched alkanes of at least 4 members (excludes halogenated alkanes) is 1. The molecule has 0 aliphatic rings. The molecule has 0 aliphatic carbocycles. The lowest BCUT2D eigenvalue weighted by Crippen LogP contribution is -2.53. The maximum absolute atomic E-state index is 12.2. The number of carboxylic acids is 2. The predicted octanol–water partition coefficient (Wildman–Crippen LogP) is -0.414. The second-order valence-corrected chi connectivity index (χ2v) is 6.98. The van der Waals surface area contributed by atoms with Gasteiger partial charge in [0.1, 0.15) is 11.3 Å². The van der Waals surface area contributed by atoms with Crippen LogP contribution in [0.15, 0.2) is 27.4 Å². The van der Waals surface area contributed by atoms with Gasteiger partial charge in [-0.15, -0.1) is 0 Å². The Morgan fingerprint density at radius 2 is 1.93 bits per heavy atom. The number of carbonyl (C=O) groups is 3. The first-order valence-corrected chi connectivity index (χ1v) is 9.58. The average molecular weight is 417 g/mol. The van der Waals surface area contributed by atoms with Gasteiger partial charge in [0, 0.05) is 29.4 Å². The molecule has 1 amide bonds. The van der Waals surface area contributed by atoms with Crippen molar-refractivity contribution in [3.63, 3.8) is 0 Å². The van der Waals surface area contributed by atoms with Crippen LogP contribution in [-0.4, -0.2) is 30.0 Å². The Hall–Kier alpha value is -3.36. The molecule has 2 aromatic rings. The first-order valence-electron chi connectivity index (χ1n) is 9.58. The fourth-order valence-corrected chi connectivity index (χ4v) is 3.00. The van der Waals surface area contributed by atoms with E-state index in [1.165, 1.54) is 13.0 Å². The van der Waals surface area contributed by atoms with E-state index >= 15 is 0 Å². The average Bonchev–Trinajstić information content (AvgIpc) is 2.67. The van der Waals surface area contributed by atoms with Crippen LogP contribution >= 0.6 is 0 Å². The van der Waals surface area contributed by atoms with Gasteiger partial charge < -0.3 is 34.3 Å². The molecule has 0 unspecified atom stereocenters. The molecule has 0 aliphatic heterocycles. The molecule has 0 bridgehead atoms. The topological polar surface area (TPSA) is 149 Å². The molecule has 0 fully saturated rings. The molecule has 1 aromatic heterocycles. The lowest BCUT2D eigenvalue weighted by atomic mass is 10.0. The lowest BCUT2D eigenvalue weighted by Gasteiger charge is -2.23. The Morgan fingerprint density at radius 3 is 2.53 bits per heavy atom. The van der Waals surface area contributed by atoms with Crippen molar-refractivity contribution in [2.24, 2.45) is 0 Å². The zero-order chi connectivity index (χ0) is 22.4. The van der Waals surface area contributed by atoms with E-state index in [4.69, 9.17) is 9.15 Å². The number of hydrogen-bond donors (Lipinski definition) is 1. The molecule has 1 heterocycles. The number of benzene rings is 1. The van der Waals surface area contributed by atoms with Gasteiger partial charge in [-0.2, -0.15) is 0 Å². The molecule has 30 heavy (non-hydrogen) atoms. The SMILES string of the molecule is CCCCc1cc(=O)oc2c(C)c(O[C@H](C)C(=O)N[C@@H](CC(=O)[O-])C(=O)[O-])ccc12. The molecule has 0 saturated carbocycles. The van der Waals surface area contributed by atoms with E-state index in [0.29, 0.717) is 11.1 Å². The van der Waals surface area contributed by atoms with Crippen LogP contribution in [-0.2, 0) is 20.8 Å². The van der Waals surface area contributed by atoms with Crippen LogP contribution in [0.2, 0.25) is 0 Å². The Kier molecular flexibility index (Phi) is 7.57. The fourth-order valence-electron chi connectivity index (χ4n) is 3.00. The van der Waals surface area contributed by atoms with Crippen molar-refractivity contribution in [3.05, 3.63) is 39.7 Å². The van der Waals surface area contributed by atoms with Gasteiger partial charge in [0.15, 0.2) is 6.10 Å². The number of aryl methyl sites for hydroxylation is 2. The number of fused-ring (bicyclic) bond motifs is 1. The van der Waals surface area contributed by atoms with Crippen LogP contribution in [0, 0.1) is 6.92 Å². The van der Waals surface area contributed by atoms with Crippen molar-refractivity contribution < 1.29 is 33.8 Å². The number of ether oxygens (including phenoxy) is 1. The third kappa shape index (κ3) is 5.59. The summed E-state index contributed by atoms with van der Waals surface area (Å²) in [7, 11) is 0. The molecular weight excluding hydrogens is 394 g/mol. The van der Waals surface area contributed by atoms with Gasteiger partial charge in [-0.25, -0.2) is 4.79 Å². The van der Waals surface area contributed by atoms with Crippen LogP contribution in [0.25, 0.3) is 11.0 Å². The second-order valence-electron chi connectivity index (χ2n) is 6.98. The number of amides is 1. The van der Waals surface area contributed by atoms with Gasteiger partial charge in [-0.1, -0.05) is 13.3 Å². The van der Waals surface area contributed by atoms with Crippen LogP contribution in [0.4, 0.5) is 0 Å². The van der Waals surface area contributed by atoms with Crippen molar-refractivity contribution >= 4 is 28.8 Å². The number of hydrogen-bond acceptors (Lipinski definition) is 8. The zero-order valence-corrected chi connectivity index (χ0v) is 17.0. The van der Waals surface area contributed by atoms with Gasteiger partial charge in [0.05, 0.1) is 12.0 Å². The summed E-state index contributed by atoms with van der Waals surface area (Å²) in [5, 5.41) is 24.4. The first kappa shape index (κ1) is 22.9. The molecule has 162 valence electrons. The molecular formula is C21H23NO8-2. The third-order valence-corrected chi connectivity index (χ3v) is 4.64. The van der Waals surface area contributed by atoms with Crippen LogP contribution < -0.4 is 25.9 Å². The summed E-state index contributed by atoms with van der Waals surface area (Å²) in [6.45, 7) is 5.10. The quantitative estimate of drug-likeness (QED) is 0.513. The monoisotopic (exact) mass is 417 g/mol. The first-order chi connectivity index (χ1) is 14.1. The molecule has 1 aromatic carbocycles. The van der Waals surface area contributed by atoms with Gasteiger partial charge in [0.25, 0.3) is 5.91 Å². The van der Waals surface area contributed by atoms with Crippen molar-refractivity contribution in [3.8, 4) is 5.75 Å². The highest BCUT2D eigenvalue weighted by molar-refractivity contribution is 5.88. The molecule has 9 nitrogen and oxygen atoms in total.